The summed E-state index contributed by atoms with van der Waals surface area (Å²) in [5.74, 6) is 0.528. The van der Waals surface area contributed by atoms with Gasteiger partial charge in [-0.3, -0.25) is 14.0 Å². The molecule has 1 atom stereocenters. The summed E-state index contributed by atoms with van der Waals surface area (Å²) in [5, 5.41) is 0. The van der Waals surface area contributed by atoms with Crippen molar-refractivity contribution in [2.75, 3.05) is 13.7 Å². The number of fused-ring (bicyclic) bond motifs is 1. The maximum absolute atomic E-state index is 14.5. The SMILES string of the molecule is CC=CC(=O)N1CCC[C@H]1c1nc(-c2ccc(Oc3cccc(OC)c3F)cc2)c2c(=O)[nH]ccn12. The number of allylic oxidation sites excluding steroid dienone is 1. The average Bonchev–Trinajstić information content (AvgIpc) is 3.52. The van der Waals surface area contributed by atoms with Crippen molar-refractivity contribution in [1.29, 1.82) is 0 Å². The van der Waals surface area contributed by atoms with Crippen molar-refractivity contribution in [3.05, 3.63) is 89.0 Å². The highest BCUT2D eigenvalue weighted by Gasteiger charge is 2.33. The van der Waals surface area contributed by atoms with E-state index < -0.39 is 5.82 Å². The average molecular weight is 489 g/mol. The standard InChI is InChI=1S/C27H25FN4O4/c1-3-6-22(33)31-15-5-7-19(31)26-30-24(25-27(34)29-14-16-32(25)26)17-10-12-18(13-11-17)36-21-9-4-8-20(35-2)23(21)28/h3-4,6,8-14,16,19H,5,7,15H2,1-2H3,(H,29,34)/t19-/m0/s1. The number of likely N-dealkylation sites (tertiary alicyclic amines) is 1. The molecule has 1 aliphatic heterocycles. The van der Waals surface area contributed by atoms with Crippen LogP contribution in [0.2, 0.25) is 0 Å². The van der Waals surface area contributed by atoms with Crippen LogP contribution in [0.25, 0.3) is 16.8 Å². The molecule has 0 radical (unpaired) electrons. The number of halogens is 1. The smallest absolute Gasteiger partial charge is 0.274 e. The van der Waals surface area contributed by atoms with Gasteiger partial charge in [0.1, 0.15) is 22.8 Å². The number of carbonyl (C=O) groups excluding carboxylic acids is 1. The molecule has 1 N–H and O–H groups in total. The van der Waals surface area contributed by atoms with Crippen LogP contribution in [0.5, 0.6) is 17.2 Å². The van der Waals surface area contributed by atoms with E-state index in [0.29, 0.717) is 34.9 Å². The topological polar surface area (TPSA) is 88.9 Å². The molecule has 1 saturated heterocycles. The first-order valence-electron chi connectivity index (χ1n) is 11.7. The molecule has 36 heavy (non-hydrogen) atoms. The van der Waals surface area contributed by atoms with Gasteiger partial charge >= 0.3 is 0 Å². The number of nitrogens with one attached hydrogen (secondary N) is 1. The first-order chi connectivity index (χ1) is 17.5. The fraction of sp³-hybridized carbons (Fsp3) is 0.222. The number of hydrogen-bond acceptors (Lipinski definition) is 5. The Morgan fingerprint density at radius 1 is 1.19 bits per heavy atom. The molecule has 3 heterocycles. The van der Waals surface area contributed by atoms with Crippen LogP contribution in [-0.2, 0) is 4.79 Å². The number of hydrogen-bond donors (Lipinski definition) is 1. The van der Waals surface area contributed by atoms with Crippen LogP contribution in [0.3, 0.4) is 0 Å². The van der Waals surface area contributed by atoms with E-state index in [4.69, 9.17) is 14.5 Å². The number of methoxy groups -OCH3 is 1. The number of imidazole rings is 1. The summed E-state index contributed by atoms with van der Waals surface area (Å²) in [7, 11) is 1.39. The third-order valence-electron chi connectivity index (χ3n) is 6.24. The Morgan fingerprint density at radius 3 is 2.72 bits per heavy atom. The zero-order chi connectivity index (χ0) is 25.2. The first kappa shape index (κ1) is 23.3. The summed E-state index contributed by atoms with van der Waals surface area (Å²) < 4.78 is 26.9. The lowest BCUT2D eigenvalue weighted by molar-refractivity contribution is -0.127. The Bertz CT molecular complexity index is 1510. The highest BCUT2D eigenvalue weighted by molar-refractivity contribution is 5.88. The van der Waals surface area contributed by atoms with E-state index in [1.807, 2.05) is 6.92 Å². The number of nitrogens with zero attached hydrogens (tertiary/aromatic N) is 3. The summed E-state index contributed by atoms with van der Waals surface area (Å²) in [6.45, 7) is 2.44. The van der Waals surface area contributed by atoms with Gasteiger partial charge in [-0.1, -0.05) is 12.1 Å². The molecule has 0 aliphatic carbocycles. The van der Waals surface area contributed by atoms with Gasteiger partial charge in [-0.25, -0.2) is 4.98 Å². The van der Waals surface area contributed by atoms with Crippen molar-refractivity contribution in [3.8, 4) is 28.5 Å². The fourth-order valence-corrected chi connectivity index (χ4v) is 4.58. The minimum absolute atomic E-state index is 0.0420. The molecule has 1 amide bonds. The van der Waals surface area contributed by atoms with Crippen molar-refractivity contribution >= 4 is 11.4 Å². The molecule has 8 nitrogen and oxygen atoms in total. The second kappa shape index (κ2) is 9.69. The summed E-state index contributed by atoms with van der Waals surface area (Å²) in [6.07, 6.45) is 8.20. The van der Waals surface area contributed by atoms with Crippen molar-refractivity contribution in [3.63, 3.8) is 0 Å². The van der Waals surface area contributed by atoms with E-state index in [0.717, 1.165) is 12.8 Å². The van der Waals surface area contributed by atoms with Gasteiger partial charge in [0.2, 0.25) is 11.7 Å². The number of amides is 1. The lowest BCUT2D eigenvalue weighted by atomic mass is 10.1. The van der Waals surface area contributed by atoms with Crippen molar-refractivity contribution in [1.82, 2.24) is 19.3 Å². The number of aromatic amines is 1. The van der Waals surface area contributed by atoms with Crippen LogP contribution < -0.4 is 15.0 Å². The van der Waals surface area contributed by atoms with Crippen LogP contribution in [0.4, 0.5) is 4.39 Å². The maximum Gasteiger partial charge on any atom is 0.274 e. The number of aromatic nitrogens is 3. The highest BCUT2D eigenvalue weighted by Crippen LogP contribution is 2.35. The quantitative estimate of drug-likeness (QED) is 0.391. The fourth-order valence-electron chi connectivity index (χ4n) is 4.58. The number of carbonyl (C=O) groups is 1. The van der Waals surface area contributed by atoms with E-state index >= 15 is 0 Å². The number of H-pyrrole nitrogens is 1. The van der Waals surface area contributed by atoms with Gasteiger partial charge in [0.05, 0.1) is 13.2 Å². The predicted octanol–water partition coefficient (Wildman–Crippen LogP) is 4.87. The van der Waals surface area contributed by atoms with Crippen LogP contribution >= 0.6 is 0 Å². The Balaban J connectivity index is 1.52. The number of ether oxygens (including phenoxy) is 2. The Kier molecular flexibility index (Phi) is 6.28. The monoisotopic (exact) mass is 488 g/mol. The molecule has 0 saturated carbocycles. The third-order valence-corrected chi connectivity index (χ3v) is 6.24. The molecule has 0 bridgehead atoms. The summed E-state index contributed by atoms with van der Waals surface area (Å²) in [6, 6.07) is 11.3. The van der Waals surface area contributed by atoms with E-state index in [9.17, 15) is 14.0 Å². The van der Waals surface area contributed by atoms with Gasteiger partial charge in [0.15, 0.2) is 11.5 Å². The maximum atomic E-state index is 14.5. The summed E-state index contributed by atoms with van der Waals surface area (Å²) in [4.78, 5) is 34.8. The van der Waals surface area contributed by atoms with E-state index in [2.05, 4.69) is 4.98 Å². The second-order valence-corrected chi connectivity index (χ2v) is 8.41. The number of rotatable bonds is 6. The molecule has 2 aromatic heterocycles. The Morgan fingerprint density at radius 2 is 1.97 bits per heavy atom. The largest absolute Gasteiger partial charge is 0.494 e. The van der Waals surface area contributed by atoms with Crippen molar-refractivity contribution in [2.24, 2.45) is 0 Å². The molecular formula is C27H25FN4O4. The zero-order valence-electron chi connectivity index (χ0n) is 19.9. The lowest BCUT2D eigenvalue weighted by Gasteiger charge is -2.22. The second-order valence-electron chi connectivity index (χ2n) is 8.41. The third kappa shape index (κ3) is 4.13. The molecule has 9 heteroatoms. The molecule has 4 aromatic rings. The number of benzene rings is 2. The molecule has 0 unspecified atom stereocenters. The van der Waals surface area contributed by atoms with E-state index in [1.165, 1.54) is 19.2 Å². The predicted molar refractivity (Wildman–Crippen MR) is 133 cm³/mol. The summed E-state index contributed by atoms with van der Waals surface area (Å²) >= 11 is 0. The zero-order valence-corrected chi connectivity index (χ0v) is 19.9. The van der Waals surface area contributed by atoms with Gasteiger partial charge in [-0.2, -0.15) is 4.39 Å². The van der Waals surface area contributed by atoms with Gasteiger partial charge in [-0.15, -0.1) is 0 Å². The Hall–Kier alpha value is -4.40. The van der Waals surface area contributed by atoms with Gasteiger partial charge < -0.3 is 19.4 Å². The van der Waals surface area contributed by atoms with Crippen molar-refractivity contribution in [2.45, 2.75) is 25.8 Å². The summed E-state index contributed by atoms with van der Waals surface area (Å²) in [5.41, 5.74) is 1.30. The molecular weight excluding hydrogens is 463 g/mol. The molecule has 184 valence electrons. The first-order valence-corrected chi connectivity index (χ1v) is 11.7. The van der Waals surface area contributed by atoms with Crippen LogP contribution in [0, 0.1) is 5.82 Å². The minimum atomic E-state index is -0.589. The van der Waals surface area contributed by atoms with E-state index in [-0.39, 0.29) is 29.0 Å². The molecule has 5 rings (SSSR count). The Labute approximate surface area is 206 Å². The van der Waals surface area contributed by atoms with Crippen LogP contribution in [-0.4, -0.2) is 38.8 Å². The molecule has 1 aliphatic rings. The highest BCUT2D eigenvalue weighted by atomic mass is 19.1. The normalized spacial score (nSPS) is 15.6. The minimum Gasteiger partial charge on any atom is -0.494 e. The van der Waals surface area contributed by atoms with Gasteiger partial charge in [0.25, 0.3) is 5.56 Å². The molecule has 2 aromatic carbocycles. The van der Waals surface area contributed by atoms with Crippen molar-refractivity contribution < 1.29 is 18.7 Å². The lowest BCUT2D eigenvalue weighted by Crippen LogP contribution is -2.30. The molecule has 0 spiro atoms. The molecule has 1 fully saturated rings. The van der Waals surface area contributed by atoms with Crippen LogP contribution in [0.15, 0.2) is 71.8 Å². The van der Waals surface area contributed by atoms with Gasteiger partial charge in [-0.05, 0) is 62.2 Å². The van der Waals surface area contributed by atoms with Crippen LogP contribution in [0.1, 0.15) is 31.6 Å². The van der Waals surface area contributed by atoms with Gasteiger partial charge in [0, 0.05) is 24.5 Å². The van der Waals surface area contributed by atoms with E-state index in [1.54, 1.807) is 64.2 Å².